The summed E-state index contributed by atoms with van der Waals surface area (Å²) in [6.07, 6.45) is 7.51. The predicted octanol–water partition coefficient (Wildman–Crippen LogP) is 2.05. The van der Waals surface area contributed by atoms with Gasteiger partial charge in [-0.2, -0.15) is 0 Å². The number of ether oxygens (including phenoxy) is 1. The first-order valence-electron chi connectivity index (χ1n) is 5.17. The molecule has 0 radical (unpaired) electrons. The zero-order valence-corrected chi connectivity index (χ0v) is 9.28. The number of methoxy groups -OCH3 is 1. The van der Waals surface area contributed by atoms with Crippen molar-refractivity contribution in [2.75, 3.05) is 14.2 Å². The fourth-order valence-electron chi connectivity index (χ4n) is 1.67. The van der Waals surface area contributed by atoms with Gasteiger partial charge in [0, 0.05) is 0 Å². The van der Waals surface area contributed by atoms with E-state index in [-0.39, 0.29) is 5.71 Å². The van der Waals surface area contributed by atoms with Crippen LogP contribution in [0.25, 0.3) is 0 Å². The maximum Gasteiger partial charge on any atom is 0.360 e. The predicted molar refractivity (Wildman–Crippen MR) is 57.6 cm³/mol. The summed E-state index contributed by atoms with van der Waals surface area (Å²) in [5.41, 5.74) is 1.50. The van der Waals surface area contributed by atoms with E-state index in [4.69, 9.17) is 0 Å². The minimum atomic E-state index is -0.449. The van der Waals surface area contributed by atoms with E-state index in [2.05, 4.69) is 14.7 Å². The third kappa shape index (κ3) is 3.73. The van der Waals surface area contributed by atoms with E-state index >= 15 is 0 Å². The van der Waals surface area contributed by atoms with Crippen LogP contribution in [-0.4, -0.2) is 25.9 Å². The van der Waals surface area contributed by atoms with Gasteiger partial charge in [-0.1, -0.05) is 17.1 Å². The highest BCUT2D eigenvalue weighted by atomic mass is 16.6. The number of allylic oxidation sites excluding steroid dienone is 1. The SMILES string of the molecule is CO/N=C(\C=C1CCCCC1)C(=O)OC. The smallest absolute Gasteiger partial charge is 0.360 e. The normalized spacial score (nSPS) is 17.2. The number of carbonyl (C=O) groups is 1. The average Bonchev–Trinajstić information content (AvgIpc) is 2.29. The van der Waals surface area contributed by atoms with Crippen LogP contribution in [0.2, 0.25) is 0 Å². The average molecular weight is 211 g/mol. The molecule has 4 nitrogen and oxygen atoms in total. The van der Waals surface area contributed by atoms with Crippen LogP contribution < -0.4 is 0 Å². The summed E-state index contributed by atoms with van der Waals surface area (Å²) in [6.45, 7) is 0. The number of hydrogen-bond acceptors (Lipinski definition) is 4. The van der Waals surface area contributed by atoms with Crippen LogP contribution in [-0.2, 0) is 14.4 Å². The van der Waals surface area contributed by atoms with Gasteiger partial charge in [-0.15, -0.1) is 0 Å². The molecule has 4 heteroatoms. The first-order valence-corrected chi connectivity index (χ1v) is 5.17. The minimum absolute atomic E-state index is 0.247. The molecule has 84 valence electrons. The summed E-state index contributed by atoms with van der Waals surface area (Å²) in [5.74, 6) is -0.449. The van der Waals surface area contributed by atoms with Crippen molar-refractivity contribution in [1.29, 1.82) is 0 Å². The molecular weight excluding hydrogens is 194 g/mol. The lowest BCUT2D eigenvalue weighted by Crippen LogP contribution is -2.15. The van der Waals surface area contributed by atoms with Crippen LogP contribution >= 0.6 is 0 Å². The van der Waals surface area contributed by atoms with Crippen LogP contribution in [0.15, 0.2) is 16.8 Å². The van der Waals surface area contributed by atoms with Crippen LogP contribution in [0.3, 0.4) is 0 Å². The highest BCUT2D eigenvalue weighted by Gasteiger charge is 2.13. The van der Waals surface area contributed by atoms with Gasteiger partial charge in [0.1, 0.15) is 7.11 Å². The summed E-state index contributed by atoms with van der Waals surface area (Å²) in [5, 5.41) is 3.65. The van der Waals surface area contributed by atoms with Gasteiger partial charge < -0.3 is 9.57 Å². The van der Waals surface area contributed by atoms with Crippen LogP contribution in [0.5, 0.6) is 0 Å². The molecule has 0 aromatic rings. The van der Waals surface area contributed by atoms with Gasteiger partial charge >= 0.3 is 5.97 Å². The molecule has 0 unspecified atom stereocenters. The van der Waals surface area contributed by atoms with E-state index in [1.165, 1.54) is 39.1 Å². The molecule has 1 fully saturated rings. The maximum atomic E-state index is 11.3. The second kappa shape index (κ2) is 6.22. The van der Waals surface area contributed by atoms with E-state index in [0.29, 0.717) is 0 Å². The highest BCUT2D eigenvalue weighted by Crippen LogP contribution is 2.22. The van der Waals surface area contributed by atoms with Crippen molar-refractivity contribution in [3.05, 3.63) is 11.6 Å². The molecule has 0 heterocycles. The zero-order valence-electron chi connectivity index (χ0n) is 9.28. The topological polar surface area (TPSA) is 47.9 Å². The van der Waals surface area contributed by atoms with Gasteiger partial charge in [0.2, 0.25) is 0 Å². The third-order valence-corrected chi connectivity index (χ3v) is 2.42. The molecule has 0 atom stereocenters. The molecule has 1 aliphatic carbocycles. The summed E-state index contributed by atoms with van der Waals surface area (Å²) in [7, 11) is 2.76. The molecule has 1 rings (SSSR count). The molecule has 0 saturated heterocycles. The monoisotopic (exact) mass is 211 g/mol. The van der Waals surface area contributed by atoms with Gasteiger partial charge in [-0.25, -0.2) is 4.79 Å². The number of oxime groups is 1. The summed E-state index contributed by atoms with van der Waals surface area (Å²) < 4.78 is 4.61. The lowest BCUT2D eigenvalue weighted by Gasteiger charge is -2.13. The Bertz CT molecular complexity index is 274. The van der Waals surface area contributed by atoms with E-state index < -0.39 is 5.97 Å². The maximum absolute atomic E-state index is 11.3. The van der Waals surface area contributed by atoms with Gasteiger partial charge in [-0.3, -0.25) is 0 Å². The Morgan fingerprint density at radius 2 is 1.93 bits per heavy atom. The Morgan fingerprint density at radius 1 is 1.27 bits per heavy atom. The van der Waals surface area contributed by atoms with Gasteiger partial charge in [0.15, 0.2) is 5.71 Å². The molecule has 0 N–H and O–H groups in total. The van der Waals surface area contributed by atoms with E-state index in [1.54, 1.807) is 6.08 Å². The fourth-order valence-corrected chi connectivity index (χ4v) is 1.67. The quantitative estimate of drug-likeness (QED) is 0.408. The van der Waals surface area contributed by atoms with Crippen molar-refractivity contribution in [2.45, 2.75) is 32.1 Å². The standard InChI is InChI=1S/C11H17NO3/c1-14-11(13)10(12-15-2)8-9-6-4-3-5-7-9/h8H,3-7H2,1-2H3/b12-10+. The first kappa shape index (κ1) is 11.8. The largest absolute Gasteiger partial charge is 0.464 e. The number of nitrogens with zero attached hydrogens (tertiary/aromatic N) is 1. The molecule has 0 amide bonds. The number of hydrogen-bond donors (Lipinski definition) is 0. The number of carbonyl (C=O) groups excluding carboxylic acids is 1. The number of esters is 1. The molecule has 0 spiro atoms. The zero-order chi connectivity index (χ0) is 11.1. The lowest BCUT2D eigenvalue weighted by molar-refractivity contribution is -0.132. The molecule has 0 aromatic heterocycles. The summed E-state index contributed by atoms with van der Waals surface area (Å²) in [4.78, 5) is 15.9. The molecule has 1 saturated carbocycles. The van der Waals surface area contributed by atoms with Crippen molar-refractivity contribution in [3.63, 3.8) is 0 Å². The van der Waals surface area contributed by atoms with E-state index in [0.717, 1.165) is 12.8 Å². The second-order valence-corrected chi connectivity index (χ2v) is 3.51. The second-order valence-electron chi connectivity index (χ2n) is 3.51. The van der Waals surface area contributed by atoms with E-state index in [1.807, 2.05) is 0 Å². The molecule has 0 aromatic carbocycles. The Labute approximate surface area is 89.9 Å². The van der Waals surface area contributed by atoms with Gasteiger partial charge in [-0.05, 0) is 31.8 Å². The van der Waals surface area contributed by atoms with Crippen molar-refractivity contribution in [3.8, 4) is 0 Å². The number of rotatable bonds is 3. The Hall–Kier alpha value is -1.32. The van der Waals surface area contributed by atoms with Crippen molar-refractivity contribution < 1.29 is 14.4 Å². The molecule has 1 aliphatic rings. The van der Waals surface area contributed by atoms with Crippen LogP contribution in [0.4, 0.5) is 0 Å². The van der Waals surface area contributed by atoms with Crippen molar-refractivity contribution in [1.82, 2.24) is 0 Å². The summed E-state index contributed by atoms with van der Waals surface area (Å²) in [6, 6.07) is 0. The van der Waals surface area contributed by atoms with Gasteiger partial charge in [0.25, 0.3) is 0 Å². The minimum Gasteiger partial charge on any atom is -0.464 e. The lowest BCUT2D eigenvalue weighted by atomic mass is 9.94. The summed E-state index contributed by atoms with van der Waals surface area (Å²) >= 11 is 0. The van der Waals surface area contributed by atoms with Crippen LogP contribution in [0, 0.1) is 0 Å². The van der Waals surface area contributed by atoms with E-state index in [9.17, 15) is 4.79 Å². The van der Waals surface area contributed by atoms with Gasteiger partial charge in [0.05, 0.1) is 7.11 Å². The van der Waals surface area contributed by atoms with Crippen molar-refractivity contribution in [2.24, 2.45) is 5.16 Å². The third-order valence-electron chi connectivity index (χ3n) is 2.42. The van der Waals surface area contributed by atoms with Crippen molar-refractivity contribution >= 4 is 11.7 Å². The molecule has 0 bridgehead atoms. The first-order chi connectivity index (χ1) is 7.27. The Balaban J connectivity index is 2.72. The molecule has 15 heavy (non-hydrogen) atoms. The van der Waals surface area contributed by atoms with Crippen LogP contribution in [0.1, 0.15) is 32.1 Å². The Kier molecular flexibility index (Phi) is 4.87. The fraction of sp³-hybridized carbons (Fsp3) is 0.636. The molecule has 0 aliphatic heterocycles. The molecular formula is C11H17NO3. The highest BCUT2D eigenvalue weighted by molar-refractivity contribution is 6.41. The Morgan fingerprint density at radius 3 is 2.47 bits per heavy atom.